The Morgan fingerprint density at radius 1 is 0.206 bits per heavy atom. The molecule has 0 aliphatic carbocycles. The van der Waals surface area contributed by atoms with Crippen molar-refractivity contribution >= 4 is 68.2 Å². The molecule has 0 unspecified atom stereocenters. The van der Waals surface area contributed by atoms with Gasteiger partial charge in [-0.3, -0.25) is 0 Å². The van der Waals surface area contributed by atoms with Gasteiger partial charge in [-0.15, -0.1) is 0 Å². The first kappa shape index (κ1) is 43.2. The molecule has 10 aromatic carbocycles. The molecule has 10 aromatic rings. The Bertz CT molecular complexity index is 2940. The number of hydrogen-bond donors (Lipinski definition) is 2. The van der Waals surface area contributed by atoms with Gasteiger partial charge in [0, 0.05) is 81.3 Å². The van der Waals surface area contributed by atoms with Crippen molar-refractivity contribution in [2.24, 2.45) is 11.5 Å². The van der Waals surface area contributed by atoms with Gasteiger partial charge in [-0.1, -0.05) is 121 Å². The van der Waals surface area contributed by atoms with E-state index in [4.69, 9.17) is 11.5 Å². The van der Waals surface area contributed by atoms with Crippen molar-refractivity contribution in [2.45, 2.75) is 13.1 Å². The molecule has 0 amide bonds. The Hall–Kier alpha value is -8.68. The number of nitrogens with zero attached hydrogens (tertiary/aromatic N) is 4. The topological polar surface area (TPSA) is 65.0 Å². The van der Waals surface area contributed by atoms with Crippen molar-refractivity contribution in [1.82, 2.24) is 0 Å². The fraction of sp³-hybridized carbons (Fsp3) is 0.0323. The molecule has 10 rings (SSSR count). The highest BCUT2D eigenvalue weighted by atomic mass is 15.2. The van der Waals surface area contributed by atoms with Gasteiger partial charge in [-0.05, 0) is 168 Å². The third-order valence-electron chi connectivity index (χ3n) is 12.2. The number of para-hydroxylation sites is 4. The van der Waals surface area contributed by atoms with Crippen LogP contribution in [0.25, 0.3) is 11.1 Å². The highest BCUT2D eigenvalue weighted by molar-refractivity contribution is 5.84. The lowest BCUT2D eigenvalue weighted by atomic mass is 10.0. The van der Waals surface area contributed by atoms with Crippen molar-refractivity contribution in [3.63, 3.8) is 0 Å². The molecule has 68 heavy (non-hydrogen) atoms. The van der Waals surface area contributed by atoms with Gasteiger partial charge in [0.2, 0.25) is 0 Å². The van der Waals surface area contributed by atoms with Gasteiger partial charge >= 0.3 is 0 Å². The molecule has 0 atom stereocenters. The Morgan fingerprint density at radius 2 is 0.412 bits per heavy atom. The molecule has 0 aromatic heterocycles. The maximum atomic E-state index is 6.07. The van der Waals surface area contributed by atoms with E-state index in [2.05, 4.69) is 274 Å². The van der Waals surface area contributed by atoms with Crippen LogP contribution in [0.1, 0.15) is 11.1 Å². The monoisotopic (exact) mass is 880 g/mol. The lowest BCUT2D eigenvalue weighted by molar-refractivity contribution is 1.07. The van der Waals surface area contributed by atoms with E-state index in [1.807, 2.05) is 12.1 Å². The van der Waals surface area contributed by atoms with Crippen LogP contribution >= 0.6 is 0 Å². The first-order valence-electron chi connectivity index (χ1n) is 23.0. The van der Waals surface area contributed by atoms with Crippen molar-refractivity contribution in [1.29, 1.82) is 0 Å². The predicted octanol–water partition coefficient (Wildman–Crippen LogP) is 16.2. The molecule has 0 saturated carbocycles. The molecule has 6 heteroatoms. The largest absolute Gasteiger partial charge is 0.326 e. The molecule has 0 heterocycles. The molecule has 330 valence electrons. The van der Waals surface area contributed by atoms with Crippen LogP contribution in [0.4, 0.5) is 68.2 Å². The molecule has 6 nitrogen and oxygen atoms in total. The number of nitrogens with two attached hydrogens (primary N) is 2. The summed E-state index contributed by atoms with van der Waals surface area (Å²) in [4.78, 5) is 9.15. The first-order chi connectivity index (χ1) is 33.6. The molecule has 0 aliphatic heterocycles. The molecule has 0 aliphatic rings. The fourth-order valence-corrected chi connectivity index (χ4v) is 8.85. The lowest BCUT2D eigenvalue weighted by Crippen LogP contribution is -2.12. The van der Waals surface area contributed by atoms with Crippen LogP contribution in [-0.4, -0.2) is 0 Å². The summed E-state index contributed by atoms with van der Waals surface area (Å²) in [6, 6.07) is 94.1. The minimum absolute atomic E-state index is 0.482. The molecule has 0 bridgehead atoms. The summed E-state index contributed by atoms with van der Waals surface area (Å²) in [5.41, 5.74) is 29.4. The standard InChI is InChI=1S/C62H52N6/c63-45-47-15-13-25-61(43-47)67(53-21-9-3-10-22-53)59-39-35-57(36-40-59)65(51-17-5-1-6-18-51)55-31-27-49(28-32-55)50-29-33-56(34-30-50)66(52-19-7-2-8-20-52)58-37-41-60(42-38-58)68(54-23-11-4-12-24-54)62-26-14-16-48(44-62)46-64/h1-44H,45-46,63-64H2. The van der Waals surface area contributed by atoms with Crippen LogP contribution < -0.4 is 31.1 Å². The van der Waals surface area contributed by atoms with Crippen molar-refractivity contribution in [3.05, 3.63) is 278 Å². The average Bonchev–Trinajstić information content (AvgIpc) is 3.42. The van der Waals surface area contributed by atoms with E-state index >= 15 is 0 Å². The maximum absolute atomic E-state index is 6.07. The molecule has 0 radical (unpaired) electrons. The number of rotatable bonds is 15. The van der Waals surface area contributed by atoms with E-state index in [-0.39, 0.29) is 0 Å². The zero-order valence-corrected chi connectivity index (χ0v) is 37.8. The highest BCUT2D eigenvalue weighted by Gasteiger charge is 2.19. The van der Waals surface area contributed by atoms with Crippen LogP contribution in [0.3, 0.4) is 0 Å². The molecule has 0 fully saturated rings. The van der Waals surface area contributed by atoms with Gasteiger partial charge in [0.15, 0.2) is 0 Å². The van der Waals surface area contributed by atoms with E-state index in [0.717, 1.165) is 90.5 Å². The fourth-order valence-electron chi connectivity index (χ4n) is 8.85. The van der Waals surface area contributed by atoms with E-state index in [1.165, 1.54) is 0 Å². The first-order valence-corrected chi connectivity index (χ1v) is 23.0. The minimum Gasteiger partial charge on any atom is -0.326 e. The number of hydrogen-bond acceptors (Lipinski definition) is 6. The number of benzene rings is 10. The van der Waals surface area contributed by atoms with E-state index in [1.54, 1.807) is 0 Å². The Morgan fingerprint density at radius 3 is 0.662 bits per heavy atom. The second kappa shape index (κ2) is 20.2. The average molecular weight is 881 g/mol. The summed E-state index contributed by atoms with van der Waals surface area (Å²) < 4.78 is 0. The van der Waals surface area contributed by atoms with E-state index in [0.29, 0.717) is 13.1 Å². The van der Waals surface area contributed by atoms with Crippen molar-refractivity contribution in [2.75, 3.05) is 19.6 Å². The Labute approximate surface area is 399 Å². The van der Waals surface area contributed by atoms with Gasteiger partial charge in [-0.2, -0.15) is 0 Å². The zero-order valence-electron chi connectivity index (χ0n) is 37.8. The smallest absolute Gasteiger partial charge is 0.0464 e. The van der Waals surface area contributed by atoms with Crippen LogP contribution in [0.5, 0.6) is 0 Å². The van der Waals surface area contributed by atoms with E-state index < -0.39 is 0 Å². The summed E-state index contributed by atoms with van der Waals surface area (Å²) in [5, 5.41) is 0. The van der Waals surface area contributed by atoms with Crippen LogP contribution in [0, 0.1) is 0 Å². The zero-order chi connectivity index (χ0) is 46.1. The lowest BCUT2D eigenvalue weighted by Gasteiger charge is -2.29. The molecule has 4 N–H and O–H groups in total. The molecular weight excluding hydrogens is 829 g/mol. The van der Waals surface area contributed by atoms with Crippen LogP contribution in [-0.2, 0) is 13.1 Å². The van der Waals surface area contributed by atoms with Gasteiger partial charge < -0.3 is 31.1 Å². The van der Waals surface area contributed by atoms with Gasteiger partial charge in [0.25, 0.3) is 0 Å². The second-order valence-corrected chi connectivity index (χ2v) is 16.6. The molecule has 0 saturated heterocycles. The number of anilines is 12. The minimum atomic E-state index is 0.482. The Kier molecular flexibility index (Phi) is 12.9. The maximum Gasteiger partial charge on any atom is 0.0464 e. The van der Waals surface area contributed by atoms with Gasteiger partial charge in [0.05, 0.1) is 0 Å². The molecule has 0 spiro atoms. The quantitative estimate of drug-likeness (QED) is 0.107. The van der Waals surface area contributed by atoms with Gasteiger partial charge in [0.1, 0.15) is 0 Å². The third-order valence-corrected chi connectivity index (χ3v) is 12.2. The van der Waals surface area contributed by atoms with Crippen LogP contribution in [0.15, 0.2) is 267 Å². The normalized spacial score (nSPS) is 10.9. The Balaban J connectivity index is 0.934. The SMILES string of the molecule is NCc1cccc(N(c2ccccc2)c2ccc(N(c3ccccc3)c3ccc(-c4ccc(N(c5ccccc5)c5ccc(N(c6ccccc6)c6cccc(CN)c6)cc5)cc4)cc3)cc2)c1. The van der Waals surface area contributed by atoms with Gasteiger partial charge in [-0.25, -0.2) is 0 Å². The van der Waals surface area contributed by atoms with Crippen molar-refractivity contribution < 1.29 is 0 Å². The van der Waals surface area contributed by atoms with Crippen LogP contribution in [0.2, 0.25) is 0 Å². The summed E-state index contributed by atoms with van der Waals surface area (Å²) in [5.74, 6) is 0. The summed E-state index contributed by atoms with van der Waals surface area (Å²) in [7, 11) is 0. The van der Waals surface area contributed by atoms with E-state index in [9.17, 15) is 0 Å². The summed E-state index contributed by atoms with van der Waals surface area (Å²) in [6.45, 7) is 0.965. The van der Waals surface area contributed by atoms with Crippen molar-refractivity contribution in [3.8, 4) is 11.1 Å². The highest BCUT2D eigenvalue weighted by Crippen LogP contribution is 2.42. The summed E-state index contributed by atoms with van der Waals surface area (Å²) in [6.07, 6.45) is 0. The third kappa shape index (κ3) is 9.37. The second-order valence-electron chi connectivity index (χ2n) is 16.6. The molecular formula is C62H52N6. The predicted molar refractivity (Wildman–Crippen MR) is 286 cm³/mol. The summed E-state index contributed by atoms with van der Waals surface area (Å²) >= 11 is 0.